The van der Waals surface area contributed by atoms with Crippen molar-refractivity contribution in [1.82, 2.24) is 19.7 Å². The molecule has 2 aromatic carbocycles. The van der Waals surface area contributed by atoms with Crippen molar-refractivity contribution in [2.75, 3.05) is 38.9 Å². The summed E-state index contributed by atoms with van der Waals surface area (Å²) in [6, 6.07) is 12.0. The summed E-state index contributed by atoms with van der Waals surface area (Å²) >= 11 is 0. The lowest BCUT2D eigenvalue weighted by Gasteiger charge is -2.24. The Bertz CT molecular complexity index is 1280. The Labute approximate surface area is 205 Å². The molecule has 0 amide bonds. The zero-order chi connectivity index (χ0) is 24.2. The number of aromatic nitrogens is 4. The summed E-state index contributed by atoms with van der Waals surface area (Å²) in [6.07, 6.45) is 7.93. The van der Waals surface area contributed by atoms with Gasteiger partial charge in [0, 0.05) is 67.6 Å². The molecule has 0 spiro atoms. The van der Waals surface area contributed by atoms with Gasteiger partial charge in [-0.3, -0.25) is 9.67 Å². The van der Waals surface area contributed by atoms with Crippen LogP contribution in [0.3, 0.4) is 0 Å². The van der Waals surface area contributed by atoms with E-state index in [2.05, 4.69) is 40.2 Å². The standard InChI is InChI=1S/C27H31N5O3/c1-4-32(22-11-23(33-2)14-24(12-22)34-3)21-5-6-25-26(13-21)30-27(16-28-25)20-15-29-31(18-20)17-19-7-9-35-10-8-19/h5-6,11-16,18-19H,4,7-10,17H2,1-3H3. The molecule has 1 aliphatic heterocycles. The van der Waals surface area contributed by atoms with Gasteiger partial charge in [-0.15, -0.1) is 0 Å². The Morgan fingerprint density at radius 1 is 0.971 bits per heavy atom. The van der Waals surface area contributed by atoms with Gasteiger partial charge in [-0.25, -0.2) is 4.98 Å². The minimum absolute atomic E-state index is 0.608. The predicted octanol–water partition coefficient (Wildman–Crippen LogP) is 5.10. The highest BCUT2D eigenvalue weighted by atomic mass is 16.5. The average Bonchev–Trinajstić information content (AvgIpc) is 3.37. The molecule has 3 heterocycles. The Balaban J connectivity index is 1.43. The van der Waals surface area contributed by atoms with Crippen LogP contribution < -0.4 is 14.4 Å². The van der Waals surface area contributed by atoms with Gasteiger partial charge in [0.25, 0.3) is 0 Å². The molecule has 0 radical (unpaired) electrons. The van der Waals surface area contributed by atoms with Crippen molar-refractivity contribution in [3.05, 3.63) is 55.0 Å². The maximum atomic E-state index is 5.47. The third kappa shape index (κ3) is 5.07. The lowest BCUT2D eigenvalue weighted by Crippen LogP contribution is -2.20. The smallest absolute Gasteiger partial charge is 0.124 e. The van der Waals surface area contributed by atoms with Crippen molar-refractivity contribution in [2.24, 2.45) is 5.92 Å². The number of nitrogens with zero attached hydrogens (tertiary/aromatic N) is 5. The molecular formula is C27H31N5O3. The van der Waals surface area contributed by atoms with Crippen LogP contribution in [0.1, 0.15) is 19.8 Å². The van der Waals surface area contributed by atoms with Crippen LogP contribution in [-0.2, 0) is 11.3 Å². The van der Waals surface area contributed by atoms with Gasteiger partial charge in [-0.2, -0.15) is 5.10 Å². The predicted molar refractivity (Wildman–Crippen MR) is 137 cm³/mol. The summed E-state index contributed by atoms with van der Waals surface area (Å²) in [7, 11) is 3.32. The van der Waals surface area contributed by atoms with Gasteiger partial charge in [-0.05, 0) is 43.9 Å². The van der Waals surface area contributed by atoms with Crippen LogP contribution in [0.4, 0.5) is 11.4 Å². The van der Waals surface area contributed by atoms with E-state index in [9.17, 15) is 0 Å². The van der Waals surface area contributed by atoms with E-state index in [4.69, 9.17) is 19.2 Å². The van der Waals surface area contributed by atoms with E-state index in [0.29, 0.717) is 5.92 Å². The van der Waals surface area contributed by atoms with Crippen molar-refractivity contribution in [2.45, 2.75) is 26.3 Å². The van der Waals surface area contributed by atoms with Gasteiger partial charge < -0.3 is 19.1 Å². The molecule has 0 atom stereocenters. The quantitative estimate of drug-likeness (QED) is 0.353. The highest BCUT2D eigenvalue weighted by Crippen LogP contribution is 2.34. The lowest BCUT2D eigenvalue weighted by atomic mass is 10.0. The van der Waals surface area contributed by atoms with Crippen molar-refractivity contribution >= 4 is 22.4 Å². The molecule has 1 saturated heterocycles. The van der Waals surface area contributed by atoms with Gasteiger partial charge in [0.15, 0.2) is 0 Å². The fraction of sp³-hybridized carbons (Fsp3) is 0.370. The van der Waals surface area contributed by atoms with Gasteiger partial charge in [0.2, 0.25) is 0 Å². The molecule has 0 saturated carbocycles. The van der Waals surface area contributed by atoms with E-state index in [1.165, 1.54) is 0 Å². The number of anilines is 2. The Kier molecular flexibility index (Phi) is 6.81. The molecular weight excluding hydrogens is 442 g/mol. The number of hydrogen-bond donors (Lipinski definition) is 0. The largest absolute Gasteiger partial charge is 0.497 e. The van der Waals surface area contributed by atoms with Crippen molar-refractivity contribution in [3.63, 3.8) is 0 Å². The van der Waals surface area contributed by atoms with Crippen molar-refractivity contribution in [3.8, 4) is 22.8 Å². The van der Waals surface area contributed by atoms with Crippen molar-refractivity contribution < 1.29 is 14.2 Å². The number of ether oxygens (including phenoxy) is 3. The third-order valence-electron chi connectivity index (χ3n) is 6.52. The second-order valence-corrected chi connectivity index (χ2v) is 8.75. The maximum Gasteiger partial charge on any atom is 0.124 e. The van der Waals surface area contributed by atoms with E-state index >= 15 is 0 Å². The average molecular weight is 474 g/mol. The fourth-order valence-corrected chi connectivity index (χ4v) is 4.56. The normalized spacial score (nSPS) is 14.3. The molecule has 1 aliphatic rings. The SMILES string of the molecule is CCN(c1cc(OC)cc(OC)c1)c1ccc2ncc(-c3cnn(CC4CCOCC4)c3)nc2c1. The van der Waals surface area contributed by atoms with Crippen molar-refractivity contribution in [1.29, 1.82) is 0 Å². The molecule has 182 valence electrons. The number of methoxy groups -OCH3 is 2. The summed E-state index contributed by atoms with van der Waals surface area (Å²) in [5, 5.41) is 4.57. The van der Waals surface area contributed by atoms with Gasteiger partial charge in [0.05, 0.1) is 43.3 Å². The van der Waals surface area contributed by atoms with Crippen LogP contribution in [0, 0.1) is 5.92 Å². The molecule has 0 unspecified atom stereocenters. The molecule has 2 aromatic heterocycles. The van der Waals surface area contributed by atoms with Crippen LogP contribution >= 0.6 is 0 Å². The van der Waals surface area contributed by atoms with Gasteiger partial charge >= 0.3 is 0 Å². The second kappa shape index (κ2) is 10.3. The summed E-state index contributed by atoms with van der Waals surface area (Å²) < 4.78 is 18.4. The molecule has 0 N–H and O–H groups in total. The first kappa shape index (κ1) is 23.1. The van der Waals surface area contributed by atoms with E-state index in [-0.39, 0.29) is 0 Å². The van der Waals surface area contributed by atoms with E-state index in [0.717, 1.165) is 84.3 Å². The monoisotopic (exact) mass is 473 g/mol. The zero-order valence-corrected chi connectivity index (χ0v) is 20.5. The minimum Gasteiger partial charge on any atom is -0.497 e. The zero-order valence-electron chi connectivity index (χ0n) is 20.5. The van der Waals surface area contributed by atoms with E-state index < -0.39 is 0 Å². The van der Waals surface area contributed by atoms with Crippen LogP contribution in [0.25, 0.3) is 22.3 Å². The minimum atomic E-state index is 0.608. The number of hydrogen-bond acceptors (Lipinski definition) is 7. The highest BCUT2D eigenvalue weighted by Gasteiger charge is 2.16. The van der Waals surface area contributed by atoms with Gasteiger partial charge in [-0.1, -0.05) is 0 Å². The molecule has 35 heavy (non-hydrogen) atoms. The third-order valence-corrected chi connectivity index (χ3v) is 6.52. The lowest BCUT2D eigenvalue weighted by molar-refractivity contribution is 0.0601. The van der Waals surface area contributed by atoms with Crippen LogP contribution in [0.2, 0.25) is 0 Å². The second-order valence-electron chi connectivity index (χ2n) is 8.75. The van der Waals surface area contributed by atoms with E-state index in [1.54, 1.807) is 14.2 Å². The Morgan fingerprint density at radius 2 is 1.74 bits per heavy atom. The number of benzene rings is 2. The Morgan fingerprint density at radius 3 is 2.46 bits per heavy atom. The first-order valence-corrected chi connectivity index (χ1v) is 12.0. The van der Waals surface area contributed by atoms with Gasteiger partial charge in [0.1, 0.15) is 11.5 Å². The topological polar surface area (TPSA) is 74.5 Å². The first-order chi connectivity index (χ1) is 17.2. The molecule has 0 bridgehead atoms. The molecule has 8 heteroatoms. The van der Waals surface area contributed by atoms with Crippen LogP contribution in [-0.4, -0.2) is 53.7 Å². The van der Waals surface area contributed by atoms with E-state index in [1.807, 2.05) is 41.3 Å². The molecule has 1 fully saturated rings. The number of fused-ring (bicyclic) bond motifs is 1. The Hall–Kier alpha value is -3.65. The highest BCUT2D eigenvalue weighted by molar-refractivity contribution is 5.82. The summed E-state index contributed by atoms with van der Waals surface area (Å²) in [4.78, 5) is 11.8. The van der Waals surface area contributed by atoms with Crippen LogP contribution in [0.15, 0.2) is 55.0 Å². The summed E-state index contributed by atoms with van der Waals surface area (Å²) in [5.41, 5.74) is 5.50. The summed E-state index contributed by atoms with van der Waals surface area (Å²) in [6.45, 7) is 5.48. The molecule has 8 nitrogen and oxygen atoms in total. The summed E-state index contributed by atoms with van der Waals surface area (Å²) in [5.74, 6) is 2.11. The molecule has 5 rings (SSSR count). The molecule has 0 aliphatic carbocycles. The first-order valence-electron chi connectivity index (χ1n) is 12.0. The van der Waals surface area contributed by atoms with Crippen LogP contribution in [0.5, 0.6) is 11.5 Å². The maximum absolute atomic E-state index is 5.47. The fourth-order valence-electron chi connectivity index (χ4n) is 4.56. The number of rotatable bonds is 8. The molecule has 4 aromatic rings.